The van der Waals surface area contributed by atoms with E-state index in [1.807, 2.05) is 6.07 Å². The molecule has 2 aliphatic heterocycles. The Balaban J connectivity index is 1.27. The minimum Gasteiger partial charge on any atom is -0.406 e. The zero-order valence-electron chi connectivity index (χ0n) is 19.1. The van der Waals surface area contributed by atoms with Crippen LogP contribution in [0.4, 0.5) is 18.9 Å². The largest absolute Gasteiger partial charge is 0.573 e. The van der Waals surface area contributed by atoms with Gasteiger partial charge in [-0.2, -0.15) is 0 Å². The van der Waals surface area contributed by atoms with Crippen LogP contribution in [0.25, 0.3) is 11.2 Å². The Morgan fingerprint density at radius 3 is 2.63 bits per heavy atom. The van der Waals surface area contributed by atoms with Crippen LogP contribution >= 0.6 is 0 Å². The number of aromatic nitrogens is 3. The molecule has 0 unspecified atom stereocenters. The highest BCUT2D eigenvalue weighted by molar-refractivity contribution is 5.99. The third-order valence-corrected chi connectivity index (χ3v) is 6.84. The number of likely N-dealkylation sites (tertiary alicyclic amines) is 1. The average molecular weight is 489 g/mol. The molecule has 8 nitrogen and oxygen atoms in total. The highest BCUT2D eigenvalue weighted by atomic mass is 19.4. The number of amides is 1. The van der Waals surface area contributed by atoms with Crippen molar-refractivity contribution < 1.29 is 22.7 Å². The molecule has 5 rings (SSSR count). The molecular weight excluding hydrogens is 461 g/mol. The number of halogens is 3. The third kappa shape index (κ3) is 5.04. The molecular formula is C24H27F3N6O2. The first-order valence-corrected chi connectivity index (χ1v) is 11.8. The van der Waals surface area contributed by atoms with Gasteiger partial charge >= 0.3 is 6.36 Å². The molecule has 0 bridgehead atoms. The summed E-state index contributed by atoms with van der Waals surface area (Å²) in [6.07, 6.45) is 0.677. The summed E-state index contributed by atoms with van der Waals surface area (Å²) in [5.74, 6) is 0.807. The Hall–Kier alpha value is -3.34. The number of rotatable bonds is 4. The van der Waals surface area contributed by atoms with E-state index >= 15 is 0 Å². The number of aromatic amines is 1. The summed E-state index contributed by atoms with van der Waals surface area (Å²) in [5.41, 5.74) is 8.83. The van der Waals surface area contributed by atoms with Crippen molar-refractivity contribution >= 4 is 22.8 Å². The lowest BCUT2D eigenvalue weighted by Gasteiger charge is -2.32. The third-order valence-electron chi connectivity index (χ3n) is 6.84. The van der Waals surface area contributed by atoms with Crippen molar-refractivity contribution in [2.24, 2.45) is 0 Å². The monoisotopic (exact) mass is 488 g/mol. The molecule has 0 saturated carbocycles. The summed E-state index contributed by atoms with van der Waals surface area (Å²) in [6.45, 7) is 2.97. The number of nitrogen functional groups attached to an aromatic ring is 1. The summed E-state index contributed by atoms with van der Waals surface area (Å²) in [4.78, 5) is 27.4. The number of anilines is 1. The molecule has 4 heterocycles. The molecule has 3 aromatic rings. The van der Waals surface area contributed by atoms with Gasteiger partial charge in [0.2, 0.25) is 0 Å². The number of pyridine rings is 1. The molecule has 35 heavy (non-hydrogen) atoms. The Kier molecular flexibility index (Phi) is 6.26. The van der Waals surface area contributed by atoms with E-state index in [0.29, 0.717) is 19.0 Å². The van der Waals surface area contributed by atoms with Gasteiger partial charge in [-0.15, -0.1) is 13.2 Å². The summed E-state index contributed by atoms with van der Waals surface area (Å²) in [5, 5.41) is 3.42. The van der Waals surface area contributed by atoms with Crippen molar-refractivity contribution in [3.8, 4) is 5.75 Å². The number of piperidine rings is 2. The van der Waals surface area contributed by atoms with Crippen molar-refractivity contribution in [1.82, 2.24) is 25.2 Å². The second kappa shape index (κ2) is 9.37. The molecule has 11 heteroatoms. The van der Waals surface area contributed by atoms with E-state index in [2.05, 4.69) is 20.0 Å². The number of nitrogens with two attached hydrogens (primary N) is 1. The summed E-state index contributed by atoms with van der Waals surface area (Å²) < 4.78 is 41.2. The number of imidazole rings is 1. The molecule has 0 radical (unpaired) electrons. The SMILES string of the molecule is Nc1cc(OC(F)(F)F)ccc1C(=O)N1CCC(c2ccnc3nc([C@@H]4CCCNC4)[nH]c23)CC1. The average Bonchev–Trinajstić information content (AvgIpc) is 3.28. The second-order valence-electron chi connectivity index (χ2n) is 9.13. The predicted octanol–water partition coefficient (Wildman–Crippen LogP) is 3.93. The van der Waals surface area contributed by atoms with Crippen LogP contribution in [0, 0.1) is 0 Å². The van der Waals surface area contributed by atoms with Crippen molar-refractivity contribution in [2.45, 2.75) is 43.9 Å². The molecule has 1 aromatic carbocycles. The maximum absolute atomic E-state index is 13.0. The number of carbonyl (C=O) groups is 1. The van der Waals surface area contributed by atoms with Crippen molar-refractivity contribution in [2.75, 3.05) is 31.9 Å². The topological polar surface area (TPSA) is 109 Å². The van der Waals surface area contributed by atoms with Gasteiger partial charge < -0.3 is 25.7 Å². The number of hydrogen-bond acceptors (Lipinski definition) is 6. The number of hydrogen-bond donors (Lipinski definition) is 3. The second-order valence-corrected chi connectivity index (χ2v) is 9.13. The van der Waals surface area contributed by atoms with Crippen LogP contribution in [0.1, 0.15) is 59.3 Å². The van der Waals surface area contributed by atoms with Gasteiger partial charge in [-0.25, -0.2) is 9.97 Å². The maximum atomic E-state index is 13.0. The quantitative estimate of drug-likeness (QED) is 0.481. The zero-order chi connectivity index (χ0) is 24.6. The first-order valence-electron chi connectivity index (χ1n) is 11.8. The smallest absolute Gasteiger partial charge is 0.406 e. The van der Waals surface area contributed by atoms with Crippen LogP contribution in [-0.4, -0.2) is 58.3 Å². The van der Waals surface area contributed by atoms with E-state index in [9.17, 15) is 18.0 Å². The number of nitrogens with one attached hydrogen (secondary N) is 2. The number of nitrogens with zero attached hydrogens (tertiary/aromatic N) is 3. The molecule has 2 saturated heterocycles. The molecule has 186 valence electrons. The summed E-state index contributed by atoms with van der Waals surface area (Å²) in [6, 6.07) is 5.43. The highest BCUT2D eigenvalue weighted by Gasteiger charge is 2.32. The highest BCUT2D eigenvalue weighted by Crippen LogP contribution is 2.34. The fourth-order valence-electron chi connectivity index (χ4n) is 5.06. The first-order chi connectivity index (χ1) is 16.8. The summed E-state index contributed by atoms with van der Waals surface area (Å²) >= 11 is 0. The van der Waals surface area contributed by atoms with Crippen LogP contribution in [0.5, 0.6) is 5.75 Å². The van der Waals surface area contributed by atoms with Crippen molar-refractivity contribution in [3.05, 3.63) is 47.4 Å². The van der Waals surface area contributed by atoms with Crippen LogP contribution in [0.3, 0.4) is 0 Å². The molecule has 0 aliphatic carbocycles. The Morgan fingerprint density at radius 1 is 1.14 bits per heavy atom. The number of ether oxygens (including phenoxy) is 1. The number of benzene rings is 1. The molecule has 0 spiro atoms. The number of carbonyl (C=O) groups excluding carboxylic acids is 1. The fraction of sp³-hybridized carbons (Fsp3) is 0.458. The van der Waals surface area contributed by atoms with E-state index in [0.717, 1.165) is 73.5 Å². The number of alkyl halides is 3. The zero-order valence-corrected chi connectivity index (χ0v) is 19.1. The standard InChI is InChI=1S/C24H27F3N6O2/c25-24(26,27)35-16-3-4-18(19(28)12-16)23(34)33-10-6-14(7-11-33)17-5-9-30-22-20(17)31-21(32-22)15-2-1-8-29-13-15/h3-5,9,12,14-15,29H,1-2,6-8,10-11,13,28H2,(H,30,31,32)/t15-/m1/s1. The fourth-order valence-corrected chi connectivity index (χ4v) is 5.06. The minimum atomic E-state index is -4.82. The number of H-pyrrole nitrogens is 1. The molecule has 2 aromatic heterocycles. The molecule has 2 fully saturated rings. The van der Waals surface area contributed by atoms with Crippen molar-refractivity contribution in [1.29, 1.82) is 0 Å². The number of fused-ring (bicyclic) bond motifs is 1. The van der Waals surface area contributed by atoms with Gasteiger partial charge in [0.1, 0.15) is 11.6 Å². The Labute approximate surface area is 200 Å². The molecule has 1 atom stereocenters. The van der Waals surface area contributed by atoms with Gasteiger partial charge in [0.25, 0.3) is 5.91 Å². The lowest BCUT2D eigenvalue weighted by atomic mass is 9.89. The van der Waals surface area contributed by atoms with E-state index < -0.39 is 12.1 Å². The van der Waals surface area contributed by atoms with Crippen LogP contribution < -0.4 is 15.8 Å². The maximum Gasteiger partial charge on any atom is 0.573 e. The van der Waals surface area contributed by atoms with Gasteiger partial charge in [-0.05, 0) is 61.9 Å². The van der Waals surface area contributed by atoms with Crippen LogP contribution in [0.2, 0.25) is 0 Å². The van der Waals surface area contributed by atoms with Crippen molar-refractivity contribution in [3.63, 3.8) is 0 Å². The Bertz CT molecular complexity index is 1210. The molecule has 1 amide bonds. The molecule has 4 N–H and O–H groups in total. The summed E-state index contributed by atoms with van der Waals surface area (Å²) in [7, 11) is 0. The predicted molar refractivity (Wildman–Crippen MR) is 124 cm³/mol. The van der Waals surface area contributed by atoms with E-state index in [1.54, 1.807) is 11.1 Å². The van der Waals surface area contributed by atoms with Crippen LogP contribution in [-0.2, 0) is 0 Å². The van der Waals surface area contributed by atoms with Crippen LogP contribution in [0.15, 0.2) is 30.5 Å². The normalized spacial score (nSPS) is 19.7. The van der Waals surface area contributed by atoms with E-state index in [4.69, 9.17) is 10.7 Å². The van der Waals surface area contributed by atoms with Gasteiger partial charge in [-0.3, -0.25) is 4.79 Å². The lowest BCUT2D eigenvalue weighted by molar-refractivity contribution is -0.274. The van der Waals surface area contributed by atoms with Gasteiger partial charge in [0, 0.05) is 43.5 Å². The molecule has 2 aliphatic rings. The van der Waals surface area contributed by atoms with Gasteiger partial charge in [0.05, 0.1) is 11.1 Å². The first kappa shape index (κ1) is 23.4. The van der Waals surface area contributed by atoms with Gasteiger partial charge in [-0.1, -0.05) is 0 Å². The minimum absolute atomic E-state index is 0.0445. The van der Waals surface area contributed by atoms with E-state index in [-0.39, 0.29) is 23.1 Å². The van der Waals surface area contributed by atoms with E-state index in [1.165, 1.54) is 6.07 Å². The lowest BCUT2D eigenvalue weighted by Crippen LogP contribution is -2.38. The van der Waals surface area contributed by atoms with Gasteiger partial charge in [0.15, 0.2) is 5.65 Å². The Morgan fingerprint density at radius 2 is 1.94 bits per heavy atom.